The van der Waals surface area contributed by atoms with Gasteiger partial charge in [-0.1, -0.05) is 19.1 Å². The van der Waals surface area contributed by atoms with Gasteiger partial charge in [0.2, 0.25) is 0 Å². The fourth-order valence-corrected chi connectivity index (χ4v) is 3.35. The van der Waals surface area contributed by atoms with Crippen LogP contribution in [0.3, 0.4) is 0 Å². The van der Waals surface area contributed by atoms with E-state index in [0.717, 1.165) is 31.9 Å². The summed E-state index contributed by atoms with van der Waals surface area (Å²) in [6.45, 7) is 6.50. The Balaban J connectivity index is 1.84. The first-order valence-corrected chi connectivity index (χ1v) is 7.55. The first-order chi connectivity index (χ1) is 9.33. The highest BCUT2D eigenvalue weighted by molar-refractivity contribution is 5.59. The first kappa shape index (κ1) is 12.8. The number of anilines is 1. The molecule has 0 aliphatic carbocycles. The van der Waals surface area contributed by atoms with Gasteiger partial charge in [-0.2, -0.15) is 0 Å². The van der Waals surface area contributed by atoms with Crippen molar-refractivity contribution in [2.24, 2.45) is 0 Å². The van der Waals surface area contributed by atoms with Crippen LogP contribution in [0.15, 0.2) is 24.3 Å². The molecule has 0 saturated carbocycles. The van der Waals surface area contributed by atoms with Crippen LogP contribution in [-0.2, 0) is 0 Å². The van der Waals surface area contributed by atoms with Crippen LogP contribution in [0.2, 0.25) is 0 Å². The molecule has 1 saturated heterocycles. The zero-order chi connectivity index (χ0) is 13.1. The zero-order valence-corrected chi connectivity index (χ0v) is 11.8. The van der Waals surface area contributed by atoms with Crippen molar-refractivity contribution >= 4 is 5.69 Å². The maximum atomic E-state index is 5.85. The Labute approximate surface area is 115 Å². The van der Waals surface area contributed by atoms with E-state index < -0.39 is 0 Å². The molecule has 3 rings (SSSR count). The Morgan fingerprint density at radius 1 is 1.32 bits per heavy atom. The number of hydrogen-bond acceptors (Lipinski definition) is 3. The summed E-state index contributed by atoms with van der Waals surface area (Å²) in [6, 6.07) is 8.46. The first-order valence-electron chi connectivity index (χ1n) is 7.55. The van der Waals surface area contributed by atoms with Gasteiger partial charge in [-0.15, -0.1) is 0 Å². The van der Waals surface area contributed by atoms with E-state index in [4.69, 9.17) is 4.74 Å². The lowest BCUT2D eigenvalue weighted by molar-refractivity contribution is 0.321. The average molecular weight is 260 g/mol. The SMILES string of the molecule is CCC1(CN2CCCOc3ccccc32)CCCN1. The van der Waals surface area contributed by atoms with Gasteiger partial charge in [-0.25, -0.2) is 0 Å². The lowest BCUT2D eigenvalue weighted by Gasteiger charge is -2.36. The molecule has 1 fully saturated rings. The Hall–Kier alpha value is -1.22. The Morgan fingerprint density at radius 3 is 3.00 bits per heavy atom. The van der Waals surface area contributed by atoms with Crippen molar-refractivity contribution in [1.82, 2.24) is 5.32 Å². The molecule has 0 aromatic heterocycles. The van der Waals surface area contributed by atoms with Crippen LogP contribution in [0.5, 0.6) is 5.75 Å². The van der Waals surface area contributed by atoms with Gasteiger partial charge in [-0.3, -0.25) is 0 Å². The maximum Gasteiger partial charge on any atom is 0.142 e. The van der Waals surface area contributed by atoms with Gasteiger partial charge in [0.15, 0.2) is 0 Å². The molecule has 0 bridgehead atoms. The number of ether oxygens (including phenoxy) is 1. The smallest absolute Gasteiger partial charge is 0.142 e. The third-order valence-corrected chi connectivity index (χ3v) is 4.54. The molecule has 1 N–H and O–H groups in total. The highest BCUT2D eigenvalue weighted by Crippen LogP contribution is 2.33. The van der Waals surface area contributed by atoms with Crippen molar-refractivity contribution in [3.05, 3.63) is 24.3 Å². The van der Waals surface area contributed by atoms with Gasteiger partial charge in [0.05, 0.1) is 12.3 Å². The molecular weight excluding hydrogens is 236 g/mol. The van der Waals surface area contributed by atoms with Gasteiger partial charge in [0.1, 0.15) is 5.75 Å². The van der Waals surface area contributed by atoms with Crippen LogP contribution in [0.25, 0.3) is 0 Å². The fraction of sp³-hybridized carbons (Fsp3) is 0.625. The highest BCUT2D eigenvalue weighted by atomic mass is 16.5. The molecule has 2 aliphatic rings. The van der Waals surface area contributed by atoms with Crippen molar-refractivity contribution in [1.29, 1.82) is 0 Å². The van der Waals surface area contributed by atoms with Crippen LogP contribution in [0, 0.1) is 0 Å². The minimum atomic E-state index is 0.303. The number of fused-ring (bicyclic) bond motifs is 1. The van der Waals surface area contributed by atoms with Gasteiger partial charge in [-0.05, 0) is 44.4 Å². The summed E-state index contributed by atoms with van der Waals surface area (Å²) in [4.78, 5) is 2.52. The normalized spacial score (nSPS) is 26.7. The Bertz CT molecular complexity index is 427. The van der Waals surface area contributed by atoms with Crippen LogP contribution in [-0.4, -0.2) is 31.8 Å². The Morgan fingerprint density at radius 2 is 2.21 bits per heavy atom. The molecule has 0 radical (unpaired) electrons. The van der Waals surface area contributed by atoms with Gasteiger partial charge >= 0.3 is 0 Å². The summed E-state index contributed by atoms with van der Waals surface area (Å²) >= 11 is 0. The largest absolute Gasteiger partial charge is 0.491 e. The second-order valence-electron chi connectivity index (χ2n) is 5.76. The number of nitrogens with zero attached hydrogens (tertiary/aromatic N) is 1. The van der Waals surface area contributed by atoms with Crippen molar-refractivity contribution in [2.45, 2.75) is 38.1 Å². The third kappa shape index (κ3) is 2.57. The highest BCUT2D eigenvalue weighted by Gasteiger charge is 2.34. The molecule has 1 atom stereocenters. The zero-order valence-electron chi connectivity index (χ0n) is 11.8. The van der Waals surface area contributed by atoms with Gasteiger partial charge < -0.3 is 15.0 Å². The lowest BCUT2D eigenvalue weighted by Crippen LogP contribution is -2.49. The standard InChI is InChI=1S/C16H24N2O/c1-2-16(9-5-10-17-16)13-18-11-6-12-19-15-8-4-3-7-14(15)18/h3-4,7-8,17H,2,5-6,9-13H2,1H3. The fourth-order valence-electron chi connectivity index (χ4n) is 3.35. The van der Waals surface area contributed by atoms with E-state index in [1.54, 1.807) is 0 Å². The van der Waals surface area contributed by atoms with E-state index >= 15 is 0 Å². The van der Waals surface area contributed by atoms with Crippen LogP contribution in [0.4, 0.5) is 5.69 Å². The third-order valence-electron chi connectivity index (χ3n) is 4.54. The maximum absolute atomic E-state index is 5.85. The van der Waals surface area contributed by atoms with Crippen LogP contribution >= 0.6 is 0 Å². The van der Waals surface area contributed by atoms with Crippen LogP contribution < -0.4 is 15.0 Å². The van der Waals surface area contributed by atoms with Crippen LogP contribution in [0.1, 0.15) is 32.6 Å². The van der Waals surface area contributed by atoms with Crippen molar-refractivity contribution in [3.63, 3.8) is 0 Å². The van der Waals surface area contributed by atoms with E-state index in [-0.39, 0.29) is 0 Å². The monoisotopic (exact) mass is 260 g/mol. The summed E-state index contributed by atoms with van der Waals surface area (Å²) < 4.78 is 5.85. The summed E-state index contributed by atoms with van der Waals surface area (Å²) in [5.41, 5.74) is 1.57. The second kappa shape index (κ2) is 5.41. The average Bonchev–Trinajstić information content (AvgIpc) is 2.83. The number of para-hydroxylation sites is 2. The molecule has 3 nitrogen and oxygen atoms in total. The van der Waals surface area contributed by atoms with E-state index in [2.05, 4.69) is 41.4 Å². The van der Waals surface area contributed by atoms with Crippen molar-refractivity contribution < 1.29 is 4.74 Å². The molecule has 0 spiro atoms. The minimum Gasteiger partial charge on any atom is -0.491 e. The molecule has 0 amide bonds. The van der Waals surface area contributed by atoms with Crippen molar-refractivity contribution in [3.8, 4) is 5.75 Å². The van der Waals surface area contributed by atoms with Gasteiger partial charge in [0, 0.05) is 18.6 Å². The summed E-state index contributed by atoms with van der Waals surface area (Å²) in [5, 5.41) is 3.74. The second-order valence-corrected chi connectivity index (χ2v) is 5.76. The van der Waals surface area contributed by atoms with E-state index in [0.29, 0.717) is 5.54 Å². The molecular formula is C16H24N2O. The number of nitrogens with one attached hydrogen (secondary N) is 1. The predicted molar refractivity (Wildman–Crippen MR) is 79.0 cm³/mol. The topological polar surface area (TPSA) is 24.5 Å². The molecule has 1 aromatic rings. The van der Waals surface area contributed by atoms with E-state index in [1.807, 2.05) is 0 Å². The molecule has 3 heteroatoms. The van der Waals surface area contributed by atoms with E-state index in [9.17, 15) is 0 Å². The molecule has 2 heterocycles. The minimum absolute atomic E-state index is 0.303. The molecule has 2 aliphatic heterocycles. The predicted octanol–water partition coefficient (Wildman–Crippen LogP) is 2.81. The van der Waals surface area contributed by atoms with E-state index in [1.165, 1.54) is 31.5 Å². The molecule has 104 valence electrons. The molecule has 19 heavy (non-hydrogen) atoms. The summed E-state index contributed by atoms with van der Waals surface area (Å²) in [7, 11) is 0. The van der Waals surface area contributed by atoms with Crippen molar-refractivity contribution in [2.75, 3.05) is 31.1 Å². The summed E-state index contributed by atoms with van der Waals surface area (Å²) in [6.07, 6.45) is 4.91. The number of hydrogen-bond donors (Lipinski definition) is 1. The number of benzene rings is 1. The Kier molecular flexibility index (Phi) is 3.65. The molecule has 1 aromatic carbocycles. The quantitative estimate of drug-likeness (QED) is 0.904. The number of rotatable bonds is 3. The van der Waals surface area contributed by atoms with Gasteiger partial charge in [0.25, 0.3) is 0 Å². The molecule has 1 unspecified atom stereocenters. The summed E-state index contributed by atoms with van der Waals surface area (Å²) in [5.74, 6) is 1.05. The lowest BCUT2D eigenvalue weighted by atomic mass is 9.93.